The maximum Gasteiger partial charge on any atom is 0.265 e. The van der Waals surface area contributed by atoms with Crippen molar-refractivity contribution in [3.8, 4) is 11.5 Å². The maximum atomic E-state index is 12.7. The molecular formula is C24H19ClN2O5. The highest BCUT2D eigenvalue weighted by Gasteiger charge is 2.28. The molecule has 1 heterocycles. The topological polar surface area (TPSA) is 84.9 Å². The van der Waals surface area contributed by atoms with Crippen molar-refractivity contribution < 1.29 is 23.9 Å². The van der Waals surface area contributed by atoms with Gasteiger partial charge in [-0.25, -0.2) is 0 Å². The Morgan fingerprint density at radius 1 is 1.03 bits per heavy atom. The number of rotatable bonds is 7. The quantitative estimate of drug-likeness (QED) is 0.550. The first-order valence-corrected chi connectivity index (χ1v) is 10.2. The molecule has 0 saturated carbocycles. The van der Waals surface area contributed by atoms with E-state index in [2.05, 4.69) is 5.32 Å². The number of halogens is 1. The number of hydrogen-bond acceptors (Lipinski definition) is 5. The predicted molar refractivity (Wildman–Crippen MR) is 121 cm³/mol. The highest BCUT2D eigenvalue weighted by molar-refractivity contribution is 6.30. The number of anilines is 2. The van der Waals surface area contributed by atoms with Gasteiger partial charge in [-0.2, -0.15) is 0 Å². The molecule has 3 aromatic rings. The minimum absolute atomic E-state index is 0.184. The number of fused-ring (bicyclic) bond motifs is 1. The van der Waals surface area contributed by atoms with Gasteiger partial charge in [-0.3, -0.25) is 19.3 Å². The van der Waals surface area contributed by atoms with E-state index in [1.807, 2.05) is 6.07 Å². The van der Waals surface area contributed by atoms with Gasteiger partial charge in [0.15, 0.2) is 19.0 Å². The molecule has 2 amide bonds. The third-order valence-corrected chi connectivity index (χ3v) is 4.98. The second-order valence-electron chi connectivity index (χ2n) is 7.03. The minimum atomic E-state index is -0.375. The molecule has 0 radical (unpaired) electrons. The Balaban J connectivity index is 1.48. The maximum absolute atomic E-state index is 12.7. The molecule has 8 heteroatoms. The van der Waals surface area contributed by atoms with Crippen molar-refractivity contribution in [2.45, 2.75) is 0 Å². The Labute approximate surface area is 189 Å². The van der Waals surface area contributed by atoms with Crippen LogP contribution in [0.15, 0.2) is 72.8 Å². The van der Waals surface area contributed by atoms with Gasteiger partial charge in [-0.1, -0.05) is 35.9 Å². The van der Waals surface area contributed by atoms with E-state index in [0.717, 1.165) is 0 Å². The third-order valence-electron chi connectivity index (χ3n) is 4.75. The smallest absolute Gasteiger partial charge is 0.265 e. The molecule has 4 rings (SSSR count). The summed E-state index contributed by atoms with van der Waals surface area (Å²) in [4.78, 5) is 38.9. The number of carbonyl (C=O) groups is 3. The summed E-state index contributed by atoms with van der Waals surface area (Å²) in [5.74, 6) is -0.135. The van der Waals surface area contributed by atoms with E-state index in [1.54, 1.807) is 60.7 Å². The molecular weight excluding hydrogens is 432 g/mol. The number of nitrogens with one attached hydrogen (secondary N) is 1. The van der Waals surface area contributed by atoms with Gasteiger partial charge in [0.25, 0.3) is 5.91 Å². The van der Waals surface area contributed by atoms with Crippen molar-refractivity contribution in [3.05, 3.63) is 83.4 Å². The van der Waals surface area contributed by atoms with E-state index in [1.165, 1.54) is 11.0 Å². The van der Waals surface area contributed by atoms with Gasteiger partial charge in [-0.05, 0) is 48.5 Å². The van der Waals surface area contributed by atoms with Crippen LogP contribution < -0.4 is 19.7 Å². The zero-order valence-corrected chi connectivity index (χ0v) is 17.7. The van der Waals surface area contributed by atoms with Crippen LogP contribution in [0.1, 0.15) is 10.4 Å². The number of ketones is 1. The van der Waals surface area contributed by atoms with Crippen LogP contribution in [-0.4, -0.2) is 37.4 Å². The van der Waals surface area contributed by atoms with Gasteiger partial charge >= 0.3 is 0 Å². The molecule has 0 unspecified atom stereocenters. The van der Waals surface area contributed by atoms with Crippen molar-refractivity contribution in [1.29, 1.82) is 0 Å². The van der Waals surface area contributed by atoms with Gasteiger partial charge in [0.1, 0.15) is 18.0 Å². The lowest BCUT2D eigenvalue weighted by Crippen LogP contribution is -2.43. The van der Waals surface area contributed by atoms with E-state index in [-0.39, 0.29) is 37.4 Å². The van der Waals surface area contributed by atoms with Crippen molar-refractivity contribution in [1.82, 2.24) is 0 Å². The Bertz CT molecular complexity index is 1170. The molecule has 0 aromatic heterocycles. The zero-order chi connectivity index (χ0) is 22.5. The average molecular weight is 451 g/mol. The number of para-hydroxylation sites is 1. The lowest BCUT2D eigenvalue weighted by molar-refractivity contribution is -0.123. The Morgan fingerprint density at radius 2 is 1.84 bits per heavy atom. The SMILES string of the molecule is O=C(CN1C(=O)COc2ccc(C(=O)COc3cccc(Cl)c3)cc21)Nc1ccccc1. The lowest BCUT2D eigenvalue weighted by atomic mass is 10.1. The molecule has 1 aliphatic heterocycles. The molecule has 1 aliphatic rings. The highest BCUT2D eigenvalue weighted by atomic mass is 35.5. The molecule has 0 aliphatic carbocycles. The Hall–Kier alpha value is -3.84. The predicted octanol–water partition coefficient (Wildman–Crippen LogP) is 3.97. The zero-order valence-electron chi connectivity index (χ0n) is 16.9. The standard InChI is InChI=1S/C24H19ClN2O5/c25-17-5-4-8-19(12-17)31-14-21(28)16-9-10-22-20(11-16)27(24(30)15-32-22)13-23(29)26-18-6-2-1-3-7-18/h1-12H,13-15H2,(H,26,29). The van der Waals surface area contributed by atoms with Crippen LogP contribution in [0, 0.1) is 0 Å². The molecule has 162 valence electrons. The van der Waals surface area contributed by atoms with Crippen molar-refractivity contribution >= 4 is 40.6 Å². The lowest BCUT2D eigenvalue weighted by Gasteiger charge is -2.29. The van der Waals surface area contributed by atoms with Gasteiger partial charge in [-0.15, -0.1) is 0 Å². The van der Waals surface area contributed by atoms with Crippen LogP contribution in [0.4, 0.5) is 11.4 Å². The van der Waals surface area contributed by atoms with Crippen molar-refractivity contribution in [3.63, 3.8) is 0 Å². The molecule has 0 bridgehead atoms. The summed E-state index contributed by atoms with van der Waals surface area (Å²) >= 11 is 5.93. The largest absolute Gasteiger partial charge is 0.485 e. The number of amides is 2. The summed E-state index contributed by atoms with van der Waals surface area (Å²) in [6, 6.07) is 20.4. The fourth-order valence-electron chi connectivity index (χ4n) is 3.20. The highest BCUT2D eigenvalue weighted by Crippen LogP contribution is 2.33. The Morgan fingerprint density at radius 3 is 2.62 bits per heavy atom. The summed E-state index contributed by atoms with van der Waals surface area (Å²) in [5.41, 5.74) is 1.32. The van der Waals surface area contributed by atoms with Crippen LogP contribution in [0.5, 0.6) is 11.5 Å². The monoisotopic (exact) mass is 450 g/mol. The minimum Gasteiger partial charge on any atom is -0.485 e. The van der Waals surface area contributed by atoms with E-state index < -0.39 is 0 Å². The van der Waals surface area contributed by atoms with Crippen LogP contribution in [-0.2, 0) is 9.59 Å². The number of hydrogen-bond donors (Lipinski definition) is 1. The summed E-state index contributed by atoms with van der Waals surface area (Å²) in [7, 11) is 0. The molecule has 32 heavy (non-hydrogen) atoms. The second kappa shape index (κ2) is 9.53. The fourth-order valence-corrected chi connectivity index (χ4v) is 3.38. The van der Waals surface area contributed by atoms with Crippen LogP contribution in [0.3, 0.4) is 0 Å². The van der Waals surface area contributed by atoms with Crippen LogP contribution >= 0.6 is 11.6 Å². The van der Waals surface area contributed by atoms with Crippen molar-refractivity contribution in [2.75, 3.05) is 30.0 Å². The first kappa shape index (κ1) is 21.4. The number of ether oxygens (including phenoxy) is 2. The number of Topliss-reactive ketones (excluding diaryl/α,β-unsaturated/α-hetero) is 1. The summed E-state index contributed by atoms with van der Waals surface area (Å²) in [6.07, 6.45) is 0. The third kappa shape index (κ3) is 5.07. The molecule has 0 saturated heterocycles. The van der Waals surface area contributed by atoms with E-state index >= 15 is 0 Å². The number of nitrogens with zero attached hydrogens (tertiary/aromatic N) is 1. The molecule has 3 aromatic carbocycles. The molecule has 1 N–H and O–H groups in total. The van der Waals surface area contributed by atoms with Crippen molar-refractivity contribution in [2.24, 2.45) is 0 Å². The van der Waals surface area contributed by atoms with Gasteiger partial charge in [0.05, 0.1) is 5.69 Å². The first-order valence-electron chi connectivity index (χ1n) is 9.83. The Kier molecular flexibility index (Phi) is 6.37. The number of benzene rings is 3. The van der Waals surface area contributed by atoms with Gasteiger partial charge in [0, 0.05) is 16.3 Å². The number of carbonyl (C=O) groups excluding carboxylic acids is 3. The fraction of sp³-hybridized carbons (Fsp3) is 0.125. The van der Waals surface area contributed by atoms with Gasteiger partial charge in [0.2, 0.25) is 5.91 Å². The molecule has 7 nitrogen and oxygen atoms in total. The average Bonchev–Trinajstić information content (AvgIpc) is 2.80. The van der Waals surface area contributed by atoms with E-state index in [4.69, 9.17) is 21.1 Å². The summed E-state index contributed by atoms with van der Waals surface area (Å²) in [5, 5.41) is 3.25. The molecule has 0 fully saturated rings. The van der Waals surface area contributed by atoms with Crippen LogP contribution in [0.2, 0.25) is 5.02 Å². The normalized spacial score (nSPS) is 12.5. The van der Waals surface area contributed by atoms with E-state index in [9.17, 15) is 14.4 Å². The summed E-state index contributed by atoms with van der Waals surface area (Å²) < 4.78 is 11.0. The molecule has 0 atom stereocenters. The first-order chi connectivity index (χ1) is 15.5. The van der Waals surface area contributed by atoms with E-state index in [0.29, 0.717) is 33.5 Å². The summed E-state index contributed by atoms with van der Waals surface area (Å²) in [6.45, 7) is -0.597. The van der Waals surface area contributed by atoms with Crippen LogP contribution in [0.25, 0.3) is 0 Å². The molecule has 0 spiro atoms. The second-order valence-corrected chi connectivity index (χ2v) is 7.47. The van der Waals surface area contributed by atoms with Gasteiger partial charge < -0.3 is 14.8 Å².